The van der Waals surface area contributed by atoms with E-state index in [-0.39, 0.29) is 18.6 Å². The molecule has 4 nitrogen and oxygen atoms in total. The van der Waals surface area contributed by atoms with Gasteiger partial charge in [-0.3, -0.25) is 4.79 Å². The number of hydrogen-bond acceptors (Lipinski definition) is 3. The van der Waals surface area contributed by atoms with Crippen LogP contribution in [0.2, 0.25) is 0 Å². The van der Waals surface area contributed by atoms with Crippen molar-refractivity contribution in [1.29, 1.82) is 0 Å². The number of unbranched alkanes of at least 4 members (excludes halogenated alkanes) is 1. The number of carbonyl (C=O) groups excluding carboxylic acids is 1. The van der Waals surface area contributed by atoms with Gasteiger partial charge < -0.3 is 16.2 Å². The molecule has 0 aromatic carbocycles. The maximum absolute atomic E-state index is 10.5. The molecule has 0 aliphatic carbocycles. The number of amides is 1. The number of carbonyl (C=O) groups is 1. The molecule has 0 fully saturated rings. The molecule has 0 aliphatic rings. The van der Waals surface area contributed by atoms with Gasteiger partial charge >= 0.3 is 0 Å². The highest BCUT2D eigenvalue weighted by Gasteiger charge is 1.97. The summed E-state index contributed by atoms with van der Waals surface area (Å²) in [6.45, 7) is 12.8. The van der Waals surface area contributed by atoms with Crippen LogP contribution in [-0.4, -0.2) is 35.5 Å². The van der Waals surface area contributed by atoms with Crippen LogP contribution in [0.4, 0.5) is 0 Å². The third-order valence-corrected chi connectivity index (χ3v) is 1.64. The first-order valence-corrected chi connectivity index (χ1v) is 7.78. The molecule has 0 atom stereocenters. The summed E-state index contributed by atoms with van der Waals surface area (Å²) in [6, 6.07) is 0.250. The molecule has 18 heavy (non-hydrogen) atoms. The second-order valence-electron chi connectivity index (χ2n) is 3.31. The number of nitrogens with two attached hydrogens (primary N) is 1. The van der Waals surface area contributed by atoms with Crippen LogP contribution in [0.5, 0.6) is 0 Å². The molecule has 0 bridgehead atoms. The number of aliphatic hydroxyl groups excluding tert-OH is 1. The van der Waals surface area contributed by atoms with Crippen molar-refractivity contribution in [3.8, 4) is 0 Å². The zero-order chi connectivity index (χ0) is 15.4. The van der Waals surface area contributed by atoms with Crippen molar-refractivity contribution in [2.75, 3.05) is 18.5 Å². The first kappa shape index (κ1) is 26.4. The summed E-state index contributed by atoms with van der Waals surface area (Å²) in [5, 5.41) is 10.7. The fourth-order valence-electron chi connectivity index (χ4n) is 0.565. The molecule has 0 radical (unpaired) electrons. The zero-order valence-electron chi connectivity index (χ0n) is 12.9. The van der Waals surface area contributed by atoms with Crippen LogP contribution in [0.1, 0.15) is 54.4 Å². The van der Waals surface area contributed by atoms with E-state index in [2.05, 4.69) is 28.2 Å². The Kier molecular flexibility index (Phi) is 44.3. The Bertz CT molecular complexity index is 132. The van der Waals surface area contributed by atoms with Gasteiger partial charge in [-0.05, 0) is 33.7 Å². The molecular formula is C13H33BrN2O2. The minimum atomic E-state index is 0.0417. The second-order valence-corrected chi connectivity index (χ2v) is 3.88. The van der Waals surface area contributed by atoms with Crippen molar-refractivity contribution in [3.05, 3.63) is 0 Å². The van der Waals surface area contributed by atoms with E-state index in [1.807, 2.05) is 27.7 Å². The van der Waals surface area contributed by atoms with Crippen LogP contribution in [0, 0.1) is 0 Å². The molecule has 0 aliphatic heterocycles. The summed E-state index contributed by atoms with van der Waals surface area (Å²) >= 11 is 3.03. The van der Waals surface area contributed by atoms with Crippen LogP contribution in [0.25, 0.3) is 0 Å². The number of hydrogen-bond donors (Lipinski definition) is 3. The van der Waals surface area contributed by atoms with Gasteiger partial charge in [0.15, 0.2) is 0 Å². The average molecular weight is 329 g/mol. The van der Waals surface area contributed by atoms with Crippen molar-refractivity contribution in [2.24, 2.45) is 5.73 Å². The Morgan fingerprint density at radius 3 is 1.78 bits per heavy atom. The largest absolute Gasteiger partial charge is 0.397 e. The maximum atomic E-state index is 10.5. The Hall–Kier alpha value is -0.130. The first-order chi connectivity index (χ1) is 8.49. The lowest BCUT2D eigenvalue weighted by atomic mass is 10.3. The van der Waals surface area contributed by atoms with Gasteiger partial charge in [0.1, 0.15) is 0 Å². The zero-order valence-corrected chi connectivity index (χ0v) is 14.5. The maximum Gasteiger partial charge on any atom is 0.230 e. The Balaban J connectivity index is -0.0000000842. The highest BCUT2D eigenvalue weighted by molar-refractivity contribution is 9.09. The molecule has 0 spiro atoms. The van der Waals surface area contributed by atoms with E-state index in [9.17, 15) is 4.79 Å². The van der Waals surface area contributed by atoms with E-state index in [1.54, 1.807) is 6.92 Å². The van der Waals surface area contributed by atoms with Gasteiger partial charge in [0.25, 0.3) is 0 Å². The molecule has 0 aromatic heterocycles. The summed E-state index contributed by atoms with van der Waals surface area (Å²) in [5.41, 5.74) is 5.14. The minimum Gasteiger partial charge on any atom is -0.397 e. The fourth-order valence-corrected chi connectivity index (χ4v) is 0.727. The molecule has 0 aromatic rings. The highest BCUT2D eigenvalue weighted by atomic mass is 79.9. The minimum absolute atomic E-state index is 0.0417. The van der Waals surface area contributed by atoms with E-state index in [0.29, 0.717) is 5.33 Å². The summed E-state index contributed by atoms with van der Waals surface area (Å²) in [5.74, 6) is 0.0417. The summed E-state index contributed by atoms with van der Waals surface area (Å²) in [7, 11) is 0. The predicted molar refractivity (Wildman–Crippen MR) is 85.1 cm³/mol. The molecular weight excluding hydrogens is 296 g/mol. The van der Waals surface area contributed by atoms with Crippen LogP contribution in [0.3, 0.4) is 0 Å². The number of aliphatic hydroxyl groups is 1. The number of nitrogens with one attached hydrogen (secondary N) is 1. The van der Waals surface area contributed by atoms with Crippen LogP contribution < -0.4 is 11.1 Å². The monoisotopic (exact) mass is 328 g/mol. The standard InChI is InChI=1S/C5H10BrNO.C4H11N.C2H6O.C2H6/c1-4(2)7-5(8)3-6;1-2-3-4-5;1-2-3;1-2/h4H,3H2,1-2H3,(H,7,8);2-5H2,1H3;3H,2H2,1H3;1-2H3. The average Bonchev–Trinajstić information content (AvgIpc) is 2.33. The summed E-state index contributed by atoms with van der Waals surface area (Å²) in [4.78, 5) is 10.5. The molecule has 0 heterocycles. The smallest absolute Gasteiger partial charge is 0.230 e. The van der Waals surface area contributed by atoms with Gasteiger partial charge in [0.2, 0.25) is 5.91 Å². The number of rotatable bonds is 4. The van der Waals surface area contributed by atoms with Crippen molar-refractivity contribution in [1.82, 2.24) is 5.32 Å². The van der Waals surface area contributed by atoms with Gasteiger partial charge in [-0.2, -0.15) is 0 Å². The number of alkyl halides is 1. The Morgan fingerprint density at radius 1 is 1.33 bits per heavy atom. The topological polar surface area (TPSA) is 75.4 Å². The fraction of sp³-hybridized carbons (Fsp3) is 0.923. The van der Waals surface area contributed by atoms with Crippen LogP contribution in [-0.2, 0) is 4.79 Å². The molecule has 0 unspecified atom stereocenters. The van der Waals surface area contributed by atoms with Crippen molar-refractivity contribution >= 4 is 21.8 Å². The van der Waals surface area contributed by atoms with Crippen LogP contribution in [0.15, 0.2) is 0 Å². The van der Waals surface area contributed by atoms with E-state index in [0.717, 1.165) is 6.54 Å². The second kappa shape index (κ2) is 30.2. The SMILES string of the molecule is CC.CC(C)NC(=O)CBr.CCCCN.CCO. The van der Waals surface area contributed by atoms with E-state index in [4.69, 9.17) is 10.8 Å². The van der Waals surface area contributed by atoms with Crippen LogP contribution >= 0.6 is 15.9 Å². The lowest BCUT2D eigenvalue weighted by Crippen LogP contribution is -2.30. The van der Waals surface area contributed by atoms with Gasteiger partial charge in [0, 0.05) is 12.6 Å². The lowest BCUT2D eigenvalue weighted by molar-refractivity contribution is -0.118. The molecule has 5 heteroatoms. The quantitative estimate of drug-likeness (QED) is 0.694. The third kappa shape index (κ3) is 56.7. The van der Waals surface area contributed by atoms with Gasteiger partial charge in [-0.15, -0.1) is 0 Å². The molecule has 0 saturated heterocycles. The van der Waals surface area contributed by atoms with Gasteiger partial charge in [-0.1, -0.05) is 43.1 Å². The molecule has 0 rings (SSSR count). The highest BCUT2D eigenvalue weighted by Crippen LogP contribution is 1.81. The van der Waals surface area contributed by atoms with Gasteiger partial charge in [0.05, 0.1) is 5.33 Å². The summed E-state index contributed by atoms with van der Waals surface area (Å²) in [6.07, 6.45) is 2.39. The molecule has 4 N–H and O–H groups in total. The normalized spacial score (nSPS) is 7.89. The Labute approximate surface area is 122 Å². The number of halogens is 1. The third-order valence-electron chi connectivity index (χ3n) is 1.13. The summed E-state index contributed by atoms with van der Waals surface area (Å²) < 4.78 is 0. The van der Waals surface area contributed by atoms with Crippen molar-refractivity contribution in [3.63, 3.8) is 0 Å². The van der Waals surface area contributed by atoms with Crippen molar-refractivity contribution in [2.45, 2.75) is 60.4 Å². The predicted octanol–water partition coefficient (Wildman–Crippen LogP) is 2.68. The van der Waals surface area contributed by atoms with E-state index >= 15 is 0 Å². The first-order valence-electron chi connectivity index (χ1n) is 6.66. The van der Waals surface area contributed by atoms with Crippen molar-refractivity contribution < 1.29 is 9.90 Å². The molecule has 0 saturated carbocycles. The lowest BCUT2D eigenvalue weighted by Gasteiger charge is -2.04. The molecule has 1 amide bonds. The Morgan fingerprint density at radius 2 is 1.72 bits per heavy atom. The van der Waals surface area contributed by atoms with Gasteiger partial charge in [-0.25, -0.2) is 0 Å². The molecule has 114 valence electrons. The van der Waals surface area contributed by atoms with E-state index in [1.165, 1.54) is 12.8 Å². The van der Waals surface area contributed by atoms with E-state index < -0.39 is 0 Å².